The lowest BCUT2D eigenvalue weighted by Crippen LogP contribution is -2.50. The lowest BCUT2D eigenvalue weighted by Gasteiger charge is -2.38. The fourth-order valence-corrected chi connectivity index (χ4v) is 5.30. The number of hydrogen-bond donors (Lipinski definition) is 0. The third kappa shape index (κ3) is 4.37. The van der Waals surface area contributed by atoms with Gasteiger partial charge in [-0.15, -0.1) is 0 Å². The highest BCUT2D eigenvalue weighted by molar-refractivity contribution is 5.79. The first kappa shape index (κ1) is 22.8. The predicted molar refractivity (Wildman–Crippen MR) is 142 cm³/mol. The Morgan fingerprint density at radius 2 is 1.69 bits per heavy atom. The Kier molecular flexibility index (Phi) is 6.20. The molecule has 6 rings (SSSR count). The number of rotatable bonds is 6. The quantitative estimate of drug-likeness (QED) is 0.384. The molecule has 0 N–H and O–H groups in total. The molecule has 36 heavy (non-hydrogen) atoms. The number of amides is 1. The molecule has 184 valence electrons. The Balaban J connectivity index is 1.33. The molecule has 1 aliphatic carbocycles. The fourth-order valence-electron chi connectivity index (χ4n) is 5.30. The number of hydrogen-bond acceptors (Lipinski definition) is 4. The van der Waals surface area contributed by atoms with Gasteiger partial charge < -0.3 is 14.0 Å². The van der Waals surface area contributed by atoms with Crippen LogP contribution in [0.15, 0.2) is 72.9 Å². The maximum Gasteiger partial charge on any atom is 0.225 e. The molecule has 6 nitrogen and oxygen atoms in total. The van der Waals surface area contributed by atoms with Crippen molar-refractivity contribution in [3.05, 3.63) is 78.6 Å². The van der Waals surface area contributed by atoms with Gasteiger partial charge in [0.25, 0.3) is 0 Å². The first-order chi connectivity index (χ1) is 17.7. The third-order valence-electron chi connectivity index (χ3n) is 7.68. The van der Waals surface area contributed by atoms with Crippen LogP contribution in [-0.2, 0) is 11.3 Å². The number of aromatic nitrogens is 2. The van der Waals surface area contributed by atoms with E-state index < -0.39 is 0 Å². The van der Waals surface area contributed by atoms with E-state index in [0.29, 0.717) is 5.91 Å². The van der Waals surface area contributed by atoms with E-state index >= 15 is 0 Å². The number of pyridine rings is 1. The van der Waals surface area contributed by atoms with Gasteiger partial charge in [-0.2, -0.15) is 0 Å². The molecule has 1 saturated carbocycles. The maximum absolute atomic E-state index is 12.7. The lowest BCUT2D eigenvalue weighted by molar-refractivity contribution is -0.140. The predicted octanol–water partition coefficient (Wildman–Crippen LogP) is 5.12. The summed E-state index contributed by atoms with van der Waals surface area (Å²) in [7, 11) is 1.69. The zero-order valence-corrected chi connectivity index (χ0v) is 20.8. The Bertz CT molecular complexity index is 1370. The number of carbonyl (C=O) groups is 1. The first-order valence-electron chi connectivity index (χ1n) is 12.9. The summed E-state index contributed by atoms with van der Waals surface area (Å²) in [6.45, 7) is 4.13. The van der Waals surface area contributed by atoms with Crippen LogP contribution in [0.25, 0.3) is 28.0 Å². The second kappa shape index (κ2) is 9.78. The van der Waals surface area contributed by atoms with Crippen molar-refractivity contribution in [1.29, 1.82) is 0 Å². The van der Waals surface area contributed by atoms with Gasteiger partial charge in [-0.05, 0) is 48.2 Å². The average Bonchev–Trinajstić information content (AvgIpc) is 3.26. The van der Waals surface area contributed by atoms with Crippen LogP contribution in [0.1, 0.15) is 25.0 Å². The van der Waals surface area contributed by atoms with E-state index in [1.807, 2.05) is 18.2 Å². The summed E-state index contributed by atoms with van der Waals surface area (Å²) in [6, 6.07) is 22.8. The number of carbonyl (C=O) groups excluding carboxylic acids is 1. The van der Waals surface area contributed by atoms with Crippen molar-refractivity contribution in [2.45, 2.75) is 25.8 Å². The summed E-state index contributed by atoms with van der Waals surface area (Å²) in [6.07, 6.45) is 5.53. The van der Waals surface area contributed by atoms with Crippen molar-refractivity contribution < 1.29 is 9.53 Å². The summed E-state index contributed by atoms with van der Waals surface area (Å²) in [5.74, 6) is 1.45. The van der Waals surface area contributed by atoms with E-state index in [1.54, 1.807) is 7.11 Å². The smallest absolute Gasteiger partial charge is 0.225 e. The second-order valence-corrected chi connectivity index (χ2v) is 9.88. The topological polar surface area (TPSA) is 50.1 Å². The molecule has 4 aromatic rings. The van der Waals surface area contributed by atoms with E-state index in [9.17, 15) is 4.79 Å². The third-order valence-corrected chi connectivity index (χ3v) is 7.68. The van der Waals surface area contributed by atoms with Crippen LogP contribution in [-0.4, -0.2) is 58.4 Å². The molecule has 0 unspecified atom stereocenters. The van der Waals surface area contributed by atoms with Gasteiger partial charge in [-0.1, -0.05) is 48.9 Å². The van der Waals surface area contributed by atoms with E-state index in [1.165, 1.54) is 12.0 Å². The highest BCUT2D eigenvalue weighted by Crippen LogP contribution is 2.31. The van der Waals surface area contributed by atoms with Gasteiger partial charge in [-0.25, -0.2) is 4.98 Å². The second-order valence-electron chi connectivity index (χ2n) is 9.88. The molecule has 6 heteroatoms. The van der Waals surface area contributed by atoms with Crippen LogP contribution in [0.2, 0.25) is 0 Å². The Hall–Kier alpha value is -3.64. The van der Waals surface area contributed by atoms with Crippen LogP contribution in [0.4, 0.5) is 0 Å². The van der Waals surface area contributed by atoms with E-state index in [4.69, 9.17) is 9.72 Å². The molecular weight excluding hydrogens is 448 g/mol. The highest BCUT2D eigenvalue weighted by atomic mass is 16.5. The van der Waals surface area contributed by atoms with Crippen LogP contribution < -0.4 is 4.74 Å². The van der Waals surface area contributed by atoms with Crippen molar-refractivity contribution >= 4 is 11.6 Å². The largest absolute Gasteiger partial charge is 0.497 e. The summed E-state index contributed by atoms with van der Waals surface area (Å²) in [5, 5.41) is 0. The van der Waals surface area contributed by atoms with Crippen LogP contribution >= 0.6 is 0 Å². The van der Waals surface area contributed by atoms with E-state index in [2.05, 4.69) is 68.9 Å². The van der Waals surface area contributed by atoms with E-state index in [0.717, 1.165) is 79.5 Å². The zero-order chi connectivity index (χ0) is 24.5. The number of ether oxygens (including phenoxy) is 1. The molecule has 2 aromatic heterocycles. The standard InChI is InChI=1S/C30H32N4O2/c1-36-26-12-6-11-24(19-26)29-27(21-32-15-17-33(18-16-32)30(35)23-9-5-10-23)34-20-25(13-14-28(34)31-29)22-7-3-2-4-8-22/h2-4,6-8,11-14,19-20,23H,5,9-10,15-18,21H2,1H3. The molecule has 0 radical (unpaired) electrons. The minimum Gasteiger partial charge on any atom is -0.497 e. The highest BCUT2D eigenvalue weighted by Gasteiger charge is 2.31. The summed E-state index contributed by atoms with van der Waals surface area (Å²) in [5.41, 5.74) is 6.47. The van der Waals surface area contributed by atoms with Crippen LogP contribution in [0, 0.1) is 5.92 Å². The lowest BCUT2D eigenvalue weighted by atomic mass is 9.84. The molecule has 0 spiro atoms. The minimum atomic E-state index is 0.270. The molecule has 0 atom stereocenters. The number of fused-ring (bicyclic) bond motifs is 1. The molecular formula is C30H32N4O2. The molecule has 0 bridgehead atoms. The van der Waals surface area contributed by atoms with Gasteiger partial charge >= 0.3 is 0 Å². The van der Waals surface area contributed by atoms with Gasteiger partial charge in [-0.3, -0.25) is 9.69 Å². The van der Waals surface area contributed by atoms with Gasteiger partial charge in [0, 0.05) is 50.4 Å². The van der Waals surface area contributed by atoms with Crippen LogP contribution in [0.3, 0.4) is 0 Å². The molecule has 1 saturated heterocycles. The summed E-state index contributed by atoms with van der Waals surface area (Å²) >= 11 is 0. The SMILES string of the molecule is COc1cccc(-c2nc3ccc(-c4ccccc4)cn3c2CN2CCN(C(=O)C3CCC3)CC2)c1. The van der Waals surface area contributed by atoms with Gasteiger partial charge in [0.15, 0.2) is 0 Å². The number of imidazole rings is 1. The van der Waals surface area contributed by atoms with Crippen molar-refractivity contribution in [3.63, 3.8) is 0 Å². The van der Waals surface area contributed by atoms with Crippen molar-refractivity contribution in [3.8, 4) is 28.1 Å². The fraction of sp³-hybridized carbons (Fsp3) is 0.333. The van der Waals surface area contributed by atoms with Crippen molar-refractivity contribution in [2.75, 3.05) is 33.3 Å². The zero-order valence-electron chi connectivity index (χ0n) is 20.8. The number of methoxy groups -OCH3 is 1. The molecule has 1 amide bonds. The number of piperazine rings is 1. The number of benzene rings is 2. The molecule has 2 aliphatic rings. The molecule has 2 aromatic carbocycles. The van der Waals surface area contributed by atoms with E-state index in [-0.39, 0.29) is 5.92 Å². The molecule has 3 heterocycles. The Morgan fingerprint density at radius 1 is 0.917 bits per heavy atom. The monoisotopic (exact) mass is 480 g/mol. The Morgan fingerprint density at radius 3 is 2.42 bits per heavy atom. The minimum absolute atomic E-state index is 0.270. The van der Waals surface area contributed by atoms with Crippen molar-refractivity contribution in [2.24, 2.45) is 5.92 Å². The van der Waals surface area contributed by atoms with Gasteiger partial charge in [0.1, 0.15) is 11.4 Å². The summed E-state index contributed by atoms with van der Waals surface area (Å²) < 4.78 is 7.74. The molecule has 2 fully saturated rings. The first-order valence-corrected chi connectivity index (χ1v) is 12.9. The van der Waals surface area contributed by atoms with Gasteiger partial charge in [0.2, 0.25) is 5.91 Å². The number of nitrogens with zero attached hydrogens (tertiary/aromatic N) is 4. The summed E-state index contributed by atoms with van der Waals surface area (Å²) in [4.78, 5) is 22.3. The normalized spacial score (nSPS) is 16.8. The van der Waals surface area contributed by atoms with Gasteiger partial charge in [0.05, 0.1) is 18.5 Å². The average molecular weight is 481 g/mol. The Labute approximate surface area is 212 Å². The maximum atomic E-state index is 12.7. The van der Waals surface area contributed by atoms with Crippen molar-refractivity contribution in [1.82, 2.24) is 19.2 Å². The van der Waals surface area contributed by atoms with Crippen LogP contribution in [0.5, 0.6) is 5.75 Å². The molecule has 1 aliphatic heterocycles.